The fraction of sp³-hybridized carbons (Fsp3) is 0.933. The maximum absolute atomic E-state index is 12.5. The van der Waals surface area contributed by atoms with Gasteiger partial charge in [0.05, 0.1) is 6.61 Å². The van der Waals surface area contributed by atoms with Crippen LogP contribution in [0.1, 0.15) is 40.0 Å². The lowest BCUT2D eigenvalue weighted by Crippen LogP contribution is -2.59. The zero-order valence-electron chi connectivity index (χ0n) is 13.2. The molecule has 1 aliphatic rings. The highest BCUT2D eigenvalue weighted by molar-refractivity contribution is 7.99. The Morgan fingerprint density at radius 3 is 2.65 bits per heavy atom. The number of hydrogen-bond donors (Lipinski definition) is 1. The number of methoxy groups -OCH3 is 1. The van der Waals surface area contributed by atoms with Crippen LogP contribution >= 0.6 is 11.8 Å². The van der Waals surface area contributed by atoms with Crippen LogP contribution in [0, 0.1) is 5.92 Å². The molecule has 1 aliphatic carbocycles. The SMILES string of the molecule is CCOC(=O)C(CSCCCOC)(NC(C)C)C1CC1. The molecular weight excluding hydrogens is 274 g/mol. The van der Waals surface area contributed by atoms with E-state index in [-0.39, 0.29) is 12.0 Å². The molecule has 0 aromatic heterocycles. The van der Waals surface area contributed by atoms with Gasteiger partial charge in [0, 0.05) is 25.5 Å². The number of carbonyl (C=O) groups excluding carboxylic acids is 1. The first-order chi connectivity index (χ1) is 9.56. The van der Waals surface area contributed by atoms with E-state index in [0.717, 1.165) is 37.4 Å². The minimum Gasteiger partial charge on any atom is -0.465 e. The Morgan fingerprint density at radius 1 is 1.45 bits per heavy atom. The molecule has 0 spiro atoms. The highest BCUT2D eigenvalue weighted by Gasteiger charge is 2.52. The topological polar surface area (TPSA) is 47.6 Å². The molecule has 0 aliphatic heterocycles. The minimum atomic E-state index is -0.498. The van der Waals surface area contributed by atoms with E-state index in [2.05, 4.69) is 19.2 Å². The van der Waals surface area contributed by atoms with E-state index in [1.165, 1.54) is 0 Å². The van der Waals surface area contributed by atoms with Crippen LogP contribution in [0.3, 0.4) is 0 Å². The van der Waals surface area contributed by atoms with Crippen molar-refractivity contribution in [2.24, 2.45) is 5.92 Å². The van der Waals surface area contributed by atoms with Crippen molar-refractivity contribution in [1.82, 2.24) is 5.32 Å². The second-order valence-corrected chi connectivity index (χ2v) is 6.77. The molecule has 118 valence electrons. The van der Waals surface area contributed by atoms with Gasteiger partial charge in [0.1, 0.15) is 5.54 Å². The molecule has 1 rings (SSSR count). The second-order valence-electron chi connectivity index (χ2n) is 5.66. The normalized spacial score (nSPS) is 18.1. The Bertz CT molecular complexity index is 295. The molecule has 1 saturated carbocycles. The van der Waals surface area contributed by atoms with Gasteiger partial charge in [-0.05, 0) is 51.7 Å². The Balaban J connectivity index is 2.63. The Hall–Kier alpha value is -0.260. The van der Waals surface area contributed by atoms with Crippen molar-refractivity contribution in [2.45, 2.75) is 51.6 Å². The number of ether oxygens (including phenoxy) is 2. The van der Waals surface area contributed by atoms with Crippen molar-refractivity contribution in [2.75, 3.05) is 31.8 Å². The van der Waals surface area contributed by atoms with E-state index < -0.39 is 5.54 Å². The van der Waals surface area contributed by atoms with E-state index >= 15 is 0 Å². The molecule has 5 heteroatoms. The number of carbonyl (C=O) groups is 1. The van der Waals surface area contributed by atoms with E-state index in [0.29, 0.717) is 12.5 Å². The second kappa shape index (κ2) is 8.90. The van der Waals surface area contributed by atoms with Crippen molar-refractivity contribution in [1.29, 1.82) is 0 Å². The van der Waals surface area contributed by atoms with Crippen LogP contribution in [0.5, 0.6) is 0 Å². The Kier molecular flexibility index (Phi) is 7.92. The van der Waals surface area contributed by atoms with Crippen LogP contribution in [0.2, 0.25) is 0 Å². The van der Waals surface area contributed by atoms with Gasteiger partial charge in [0.25, 0.3) is 0 Å². The van der Waals surface area contributed by atoms with Gasteiger partial charge in [-0.2, -0.15) is 11.8 Å². The predicted molar refractivity (Wildman–Crippen MR) is 84.2 cm³/mol. The van der Waals surface area contributed by atoms with Gasteiger partial charge >= 0.3 is 5.97 Å². The highest BCUT2D eigenvalue weighted by Crippen LogP contribution is 2.42. The van der Waals surface area contributed by atoms with Gasteiger partial charge in [-0.1, -0.05) is 0 Å². The smallest absolute Gasteiger partial charge is 0.327 e. The molecule has 0 amide bonds. The van der Waals surface area contributed by atoms with E-state index in [1.54, 1.807) is 7.11 Å². The van der Waals surface area contributed by atoms with Crippen LogP contribution in [-0.4, -0.2) is 49.4 Å². The summed E-state index contributed by atoms with van der Waals surface area (Å²) < 4.78 is 10.4. The summed E-state index contributed by atoms with van der Waals surface area (Å²) in [4.78, 5) is 12.5. The van der Waals surface area contributed by atoms with Gasteiger partial charge in [-0.3, -0.25) is 10.1 Å². The third-order valence-corrected chi connectivity index (χ3v) is 4.66. The average molecular weight is 303 g/mol. The molecule has 0 bridgehead atoms. The summed E-state index contributed by atoms with van der Waals surface area (Å²) in [6.07, 6.45) is 3.26. The van der Waals surface area contributed by atoms with Crippen LogP contribution < -0.4 is 5.32 Å². The lowest BCUT2D eigenvalue weighted by molar-refractivity contribution is -0.151. The third kappa shape index (κ3) is 5.26. The van der Waals surface area contributed by atoms with E-state index in [9.17, 15) is 4.79 Å². The van der Waals surface area contributed by atoms with Crippen molar-refractivity contribution in [3.05, 3.63) is 0 Å². The van der Waals surface area contributed by atoms with Gasteiger partial charge in [0.2, 0.25) is 0 Å². The molecule has 4 nitrogen and oxygen atoms in total. The summed E-state index contributed by atoms with van der Waals surface area (Å²) in [6.45, 7) is 7.27. The fourth-order valence-electron chi connectivity index (χ4n) is 2.45. The molecular formula is C15H29NO3S. The first-order valence-electron chi connectivity index (χ1n) is 7.58. The first kappa shape index (κ1) is 17.8. The average Bonchev–Trinajstić information content (AvgIpc) is 3.21. The first-order valence-corrected chi connectivity index (χ1v) is 8.74. The van der Waals surface area contributed by atoms with Crippen LogP contribution in [-0.2, 0) is 14.3 Å². The van der Waals surface area contributed by atoms with Crippen LogP contribution in [0.15, 0.2) is 0 Å². The molecule has 1 atom stereocenters. The molecule has 0 aromatic carbocycles. The number of hydrogen-bond acceptors (Lipinski definition) is 5. The molecule has 20 heavy (non-hydrogen) atoms. The summed E-state index contributed by atoms with van der Waals surface area (Å²) in [5.41, 5.74) is -0.498. The van der Waals surface area contributed by atoms with Crippen molar-refractivity contribution >= 4 is 17.7 Å². The highest BCUT2D eigenvalue weighted by atomic mass is 32.2. The molecule has 1 N–H and O–H groups in total. The summed E-state index contributed by atoms with van der Waals surface area (Å²) in [7, 11) is 1.72. The van der Waals surface area contributed by atoms with Gasteiger partial charge in [0.15, 0.2) is 0 Å². The van der Waals surface area contributed by atoms with E-state index in [1.807, 2.05) is 18.7 Å². The quantitative estimate of drug-likeness (QED) is 0.469. The zero-order chi connectivity index (χ0) is 15.0. The lowest BCUT2D eigenvalue weighted by atomic mass is 9.94. The van der Waals surface area contributed by atoms with Crippen molar-refractivity contribution < 1.29 is 14.3 Å². The minimum absolute atomic E-state index is 0.0737. The van der Waals surface area contributed by atoms with Crippen molar-refractivity contribution in [3.63, 3.8) is 0 Å². The zero-order valence-corrected chi connectivity index (χ0v) is 14.1. The van der Waals surface area contributed by atoms with Crippen LogP contribution in [0.4, 0.5) is 0 Å². The number of thioether (sulfide) groups is 1. The van der Waals surface area contributed by atoms with Gasteiger partial charge in [-0.15, -0.1) is 0 Å². The number of esters is 1. The summed E-state index contributed by atoms with van der Waals surface area (Å²) >= 11 is 1.82. The van der Waals surface area contributed by atoms with Gasteiger partial charge in [-0.25, -0.2) is 0 Å². The van der Waals surface area contributed by atoms with Gasteiger partial charge < -0.3 is 9.47 Å². The van der Waals surface area contributed by atoms with Crippen molar-refractivity contribution in [3.8, 4) is 0 Å². The Labute approximate surface area is 127 Å². The predicted octanol–water partition coefficient (Wildman–Crippen LogP) is 2.47. The fourth-order valence-corrected chi connectivity index (χ4v) is 3.68. The molecule has 0 radical (unpaired) electrons. The van der Waals surface area contributed by atoms with E-state index in [4.69, 9.17) is 9.47 Å². The maximum Gasteiger partial charge on any atom is 0.327 e. The lowest BCUT2D eigenvalue weighted by Gasteiger charge is -2.34. The maximum atomic E-state index is 12.5. The summed E-state index contributed by atoms with van der Waals surface area (Å²) in [6, 6.07) is 0.277. The summed E-state index contributed by atoms with van der Waals surface area (Å²) in [5.74, 6) is 2.16. The molecule has 0 saturated heterocycles. The monoisotopic (exact) mass is 303 g/mol. The standard InChI is InChI=1S/C15H29NO3S/c1-5-19-14(17)15(13-7-8-13,16-12(2)3)11-20-10-6-9-18-4/h12-13,16H,5-11H2,1-4H3. The Morgan fingerprint density at radius 2 is 2.15 bits per heavy atom. The van der Waals surface area contributed by atoms with Crippen LogP contribution in [0.25, 0.3) is 0 Å². The number of rotatable bonds is 11. The molecule has 1 unspecified atom stereocenters. The third-order valence-electron chi connectivity index (χ3n) is 3.43. The number of nitrogens with one attached hydrogen (secondary N) is 1. The summed E-state index contributed by atoms with van der Waals surface area (Å²) in [5, 5.41) is 3.50. The largest absolute Gasteiger partial charge is 0.465 e. The molecule has 1 fully saturated rings. The molecule has 0 heterocycles. The molecule has 0 aromatic rings.